The van der Waals surface area contributed by atoms with Gasteiger partial charge in [0.25, 0.3) is 5.78 Å². The van der Waals surface area contributed by atoms with Gasteiger partial charge in [0.1, 0.15) is 12.0 Å². The quantitative estimate of drug-likeness (QED) is 0.727. The lowest BCUT2D eigenvalue weighted by Gasteiger charge is -2.11. The van der Waals surface area contributed by atoms with Crippen molar-refractivity contribution in [1.29, 1.82) is 0 Å². The Morgan fingerprint density at radius 1 is 1.22 bits per heavy atom. The van der Waals surface area contributed by atoms with Crippen LogP contribution in [0.5, 0.6) is 0 Å². The van der Waals surface area contributed by atoms with Crippen molar-refractivity contribution in [2.45, 2.75) is 25.9 Å². The molecule has 0 bridgehead atoms. The number of hydrogen-bond donors (Lipinski definition) is 0. The van der Waals surface area contributed by atoms with E-state index in [4.69, 9.17) is 11.6 Å². The number of alkyl halides is 3. The van der Waals surface area contributed by atoms with Crippen LogP contribution < -0.4 is 0 Å². The van der Waals surface area contributed by atoms with Crippen molar-refractivity contribution < 1.29 is 13.2 Å². The molecule has 0 atom stereocenters. The molecule has 3 aromatic rings. The zero-order chi connectivity index (χ0) is 16.6. The maximum atomic E-state index is 12.7. The summed E-state index contributed by atoms with van der Waals surface area (Å²) in [4.78, 5) is 12.2. The zero-order valence-corrected chi connectivity index (χ0v) is 12.7. The van der Waals surface area contributed by atoms with Crippen LogP contribution in [0, 0.1) is 0 Å². The Morgan fingerprint density at radius 3 is 2.65 bits per heavy atom. The third-order valence-corrected chi connectivity index (χ3v) is 3.51. The summed E-state index contributed by atoms with van der Waals surface area (Å²) in [5.41, 5.74) is 0.509. The summed E-state index contributed by atoms with van der Waals surface area (Å²) in [5, 5.41) is 3.92. The minimum atomic E-state index is -4.50. The number of halogens is 4. The molecule has 0 aliphatic heterocycles. The van der Waals surface area contributed by atoms with E-state index < -0.39 is 11.7 Å². The van der Waals surface area contributed by atoms with Crippen LogP contribution in [-0.2, 0) is 12.6 Å². The highest BCUT2D eigenvalue weighted by molar-refractivity contribution is 6.33. The molecule has 0 amide bonds. The Morgan fingerprint density at radius 2 is 2.00 bits per heavy atom. The molecular weight excluding hydrogens is 331 g/mol. The van der Waals surface area contributed by atoms with E-state index in [9.17, 15) is 13.2 Å². The molecule has 3 rings (SSSR count). The summed E-state index contributed by atoms with van der Waals surface area (Å²) in [5.74, 6) is 0.351. The van der Waals surface area contributed by atoms with Crippen molar-refractivity contribution in [3.63, 3.8) is 0 Å². The lowest BCUT2D eigenvalue weighted by atomic mass is 10.1. The van der Waals surface area contributed by atoms with Crippen molar-refractivity contribution >= 4 is 17.4 Å². The highest BCUT2D eigenvalue weighted by atomic mass is 35.5. The molecule has 0 aliphatic rings. The number of aryl methyl sites for hydroxylation is 1. The van der Waals surface area contributed by atoms with Crippen LogP contribution in [0.4, 0.5) is 13.2 Å². The van der Waals surface area contributed by atoms with Crippen molar-refractivity contribution in [3.8, 4) is 11.4 Å². The van der Waals surface area contributed by atoms with Gasteiger partial charge in [-0.25, -0.2) is 4.98 Å². The normalized spacial score (nSPS) is 12.0. The SMILES string of the molecule is CCCc1cc(-c2ncc(C(F)(F)F)cc2Cl)n2ncnc2n1. The average molecular weight is 342 g/mol. The summed E-state index contributed by atoms with van der Waals surface area (Å²) in [6.07, 6.45) is -0.855. The van der Waals surface area contributed by atoms with Crippen LogP contribution in [0.25, 0.3) is 17.2 Å². The van der Waals surface area contributed by atoms with E-state index >= 15 is 0 Å². The molecular formula is C14H11ClF3N5. The molecule has 3 heterocycles. The van der Waals surface area contributed by atoms with Gasteiger partial charge in [-0.2, -0.15) is 27.8 Å². The predicted octanol–water partition coefficient (Wildman–Crippen LogP) is 3.81. The van der Waals surface area contributed by atoms with Crippen LogP contribution >= 0.6 is 11.6 Å². The molecule has 23 heavy (non-hydrogen) atoms. The molecule has 5 nitrogen and oxygen atoms in total. The molecule has 0 saturated carbocycles. The molecule has 3 aromatic heterocycles. The molecule has 0 N–H and O–H groups in total. The first kappa shape index (κ1) is 15.7. The molecule has 120 valence electrons. The smallest absolute Gasteiger partial charge is 0.252 e. The van der Waals surface area contributed by atoms with Gasteiger partial charge in [0.2, 0.25) is 0 Å². The minimum Gasteiger partial charge on any atom is -0.252 e. The van der Waals surface area contributed by atoms with Gasteiger partial charge in [-0.15, -0.1) is 0 Å². The van der Waals surface area contributed by atoms with E-state index in [1.165, 1.54) is 10.8 Å². The van der Waals surface area contributed by atoms with E-state index in [-0.39, 0.29) is 10.7 Å². The van der Waals surface area contributed by atoms with E-state index in [1.807, 2.05) is 6.92 Å². The molecule has 0 saturated heterocycles. The molecule has 0 aliphatic carbocycles. The van der Waals surface area contributed by atoms with Gasteiger partial charge < -0.3 is 0 Å². The van der Waals surface area contributed by atoms with Crippen molar-refractivity contribution in [2.75, 3.05) is 0 Å². The summed E-state index contributed by atoms with van der Waals surface area (Å²) in [6, 6.07) is 2.57. The van der Waals surface area contributed by atoms with Gasteiger partial charge >= 0.3 is 6.18 Å². The molecule has 0 aromatic carbocycles. The Balaban J connectivity index is 2.18. The van der Waals surface area contributed by atoms with Crippen LogP contribution in [-0.4, -0.2) is 24.6 Å². The molecule has 0 radical (unpaired) electrons. The van der Waals surface area contributed by atoms with Gasteiger partial charge in [-0.05, 0) is 18.6 Å². The van der Waals surface area contributed by atoms with Gasteiger partial charge in [0, 0.05) is 11.9 Å². The lowest BCUT2D eigenvalue weighted by molar-refractivity contribution is -0.137. The number of aromatic nitrogens is 5. The Bertz CT molecular complexity index is 859. The first-order valence-corrected chi connectivity index (χ1v) is 7.20. The fourth-order valence-electron chi connectivity index (χ4n) is 2.20. The van der Waals surface area contributed by atoms with Gasteiger partial charge in [0.05, 0.1) is 16.3 Å². The van der Waals surface area contributed by atoms with E-state index in [2.05, 4.69) is 20.1 Å². The van der Waals surface area contributed by atoms with Crippen LogP contribution in [0.3, 0.4) is 0 Å². The number of rotatable bonds is 3. The molecule has 0 spiro atoms. The monoisotopic (exact) mass is 341 g/mol. The van der Waals surface area contributed by atoms with Gasteiger partial charge in [-0.1, -0.05) is 24.9 Å². The highest BCUT2D eigenvalue weighted by Crippen LogP contribution is 2.34. The Kier molecular flexibility index (Phi) is 3.93. The van der Waals surface area contributed by atoms with E-state index in [0.29, 0.717) is 17.9 Å². The maximum absolute atomic E-state index is 12.7. The predicted molar refractivity (Wildman–Crippen MR) is 78.0 cm³/mol. The lowest BCUT2D eigenvalue weighted by Crippen LogP contribution is -2.07. The van der Waals surface area contributed by atoms with Crippen molar-refractivity contribution in [2.24, 2.45) is 0 Å². The third kappa shape index (κ3) is 2.98. The summed E-state index contributed by atoms with van der Waals surface area (Å²) >= 11 is 6.02. The fourth-order valence-corrected chi connectivity index (χ4v) is 2.46. The molecule has 0 unspecified atom stereocenters. The Labute approximate surface area is 134 Å². The van der Waals surface area contributed by atoms with Crippen LogP contribution in [0.2, 0.25) is 5.02 Å². The zero-order valence-electron chi connectivity index (χ0n) is 12.0. The second kappa shape index (κ2) is 5.77. The van der Waals surface area contributed by atoms with Crippen molar-refractivity contribution in [1.82, 2.24) is 24.6 Å². The van der Waals surface area contributed by atoms with E-state index in [1.54, 1.807) is 6.07 Å². The fraction of sp³-hybridized carbons (Fsp3) is 0.286. The molecule has 9 heteroatoms. The number of fused-ring (bicyclic) bond motifs is 1. The Hall–Kier alpha value is -2.22. The van der Waals surface area contributed by atoms with Gasteiger partial charge in [0.15, 0.2) is 0 Å². The van der Waals surface area contributed by atoms with Gasteiger partial charge in [-0.3, -0.25) is 4.98 Å². The maximum Gasteiger partial charge on any atom is 0.417 e. The minimum absolute atomic E-state index is 0.106. The summed E-state index contributed by atoms with van der Waals surface area (Å²) in [6.45, 7) is 2.00. The topological polar surface area (TPSA) is 56.0 Å². The first-order chi connectivity index (χ1) is 10.9. The highest BCUT2D eigenvalue weighted by Gasteiger charge is 2.32. The third-order valence-electron chi connectivity index (χ3n) is 3.22. The number of hydrogen-bond acceptors (Lipinski definition) is 4. The second-order valence-electron chi connectivity index (χ2n) is 4.91. The number of nitrogens with zero attached hydrogens (tertiary/aromatic N) is 5. The first-order valence-electron chi connectivity index (χ1n) is 6.83. The number of pyridine rings is 1. The molecule has 0 fully saturated rings. The summed E-state index contributed by atoms with van der Waals surface area (Å²) in [7, 11) is 0. The van der Waals surface area contributed by atoms with Crippen LogP contribution in [0.15, 0.2) is 24.7 Å². The average Bonchev–Trinajstić information content (AvgIpc) is 2.94. The standard InChI is InChI=1S/C14H11ClF3N5/c1-2-3-9-5-11(23-13(22-9)20-7-21-23)12-10(15)4-8(6-19-12)14(16,17)18/h4-7H,2-3H2,1H3. The van der Waals surface area contributed by atoms with Crippen LogP contribution in [0.1, 0.15) is 24.6 Å². The van der Waals surface area contributed by atoms with Crippen molar-refractivity contribution in [3.05, 3.63) is 40.9 Å². The largest absolute Gasteiger partial charge is 0.417 e. The second-order valence-corrected chi connectivity index (χ2v) is 5.31. The summed E-state index contributed by atoms with van der Waals surface area (Å²) < 4.78 is 39.6. The van der Waals surface area contributed by atoms with E-state index in [0.717, 1.165) is 24.4 Å².